The number of aromatic amines is 1. The van der Waals surface area contributed by atoms with Crippen LogP contribution in [0.3, 0.4) is 0 Å². The molecule has 13 heavy (non-hydrogen) atoms. The highest BCUT2D eigenvalue weighted by atomic mass is 14.9. The van der Waals surface area contributed by atoms with Gasteiger partial charge in [0.1, 0.15) is 0 Å². The molecule has 74 valence electrons. The van der Waals surface area contributed by atoms with Gasteiger partial charge in [0.15, 0.2) is 0 Å². The summed E-state index contributed by atoms with van der Waals surface area (Å²) in [6, 6.07) is 2.20. The number of hydrogen-bond acceptors (Lipinski definition) is 1. The first-order valence-electron chi connectivity index (χ1n) is 4.78. The summed E-state index contributed by atoms with van der Waals surface area (Å²) >= 11 is 0. The summed E-state index contributed by atoms with van der Waals surface area (Å²) < 4.78 is 0. The van der Waals surface area contributed by atoms with Crippen LogP contribution in [0.1, 0.15) is 37.7 Å². The number of H-pyrrole nitrogens is 1. The molecule has 0 amide bonds. The molecule has 0 spiro atoms. The second-order valence-corrected chi connectivity index (χ2v) is 4.71. The van der Waals surface area contributed by atoms with Crippen LogP contribution in [0.4, 0.5) is 0 Å². The van der Waals surface area contributed by atoms with E-state index in [9.17, 15) is 0 Å². The van der Waals surface area contributed by atoms with Gasteiger partial charge in [-0.2, -0.15) is 0 Å². The van der Waals surface area contributed by atoms with E-state index in [2.05, 4.69) is 51.0 Å². The zero-order valence-electron chi connectivity index (χ0n) is 9.28. The molecule has 0 aliphatic carbocycles. The Morgan fingerprint density at radius 2 is 1.92 bits per heavy atom. The molecule has 1 aromatic heterocycles. The van der Waals surface area contributed by atoms with Gasteiger partial charge in [-0.05, 0) is 46.2 Å². The van der Waals surface area contributed by atoms with E-state index in [0.29, 0.717) is 0 Å². The molecule has 2 nitrogen and oxygen atoms in total. The molecule has 1 aromatic rings. The van der Waals surface area contributed by atoms with Crippen molar-refractivity contribution in [1.29, 1.82) is 0 Å². The van der Waals surface area contributed by atoms with Gasteiger partial charge in [0.2, 0.25) is 0 Å². The molecule has 2 N–H and O–H groups in total. The summed E-state index contributed by atoms with van der Waals surface area (Å²) in [7, 11) is 0. The number of aromatic nitrogens is 1. The second-order valence-electron chi connectivity index (χ2n) is 4.71. The van der Waals surface area contributed by atoms with Crippen LogP contribution in [-0.2, 0) is 6.54 Å². The summed E-state index contributed by atoms with van der Waals surface area (Å²) in [6.07, 6.45) is 0. The van der Waals surface area contributed by atoms with Crippen molar-refractivity contribution < 1.29 is 0 Å². The summed E-state index contributed by atoms with van der Waals surface area (Å²) in [4.78, 5) is 3.30. The van der Waals surface area contributed by atoms with Gasteiger partial charge in [-0.3, -0.25) is 0 Å². The van der Waals surface area contributed by atoms with Gasteiger partial charge in [0.25, 0.3) is 0 Å². The first-order chi connectivity index (χ1) is 5.88. The normalized spacial score (nSPS) is 12.1. The minimum atomic E-state index is 0.192. The van der Waals surface area contributed by atoms with Crippen LogP contribution in [-0.4, -0.2) is 10.5 Å². The molecule has 1 rings (SSSR count). The van der Waals surface area contributed by atoms with E-state index in [1.165, 1.54) is 17.0 Å². The van der Waals surface area contributed by atoms with Crippen molar-refractivity contribution in [3.63, 3.8) is 0 Å². The fourth-order valence-corrected chi connectivity index (χ4v) is 1.33. The van der Waals surface area contributed by atoms with Crippen molar-refractivity contribution >= 4 is 0 Å². The molecule has 0 aromatic carbocycles. The smallest absolute Gasteiger partial charge is 0.0228 e. The zero-order chi connectivity index (χ0) is 10.1. The predicted octanol–water partition coefficient (Wildman–Crippen LogP) is 2.52. The Balaban J connectivity index is 2.59. The second kappa shape index (κ2) is 3.54. The molecule has 0 atom stereocenters. The summed E-state index contributed by atoms with van der Waals surface area (Å²) in [6.45, 7) is 11.7. The topological polar surface area (TPSA) is 27.8 Å². The van der Waals surface area contributed by atoms with Gasteiger partial charge in [0.05, 0.1) is 0 Å². The zero-order valence-corrected chi connectivity index (χ0v) is 9.28. The maximum absolute atomic E-state index is 3.47. The Labute approximate surface area is 80.7 Å². The van der Waals surface area contributed by atoms with E-state index in [4.69, 9.17) is 0 Å². The first kappa shape index (κ1) is 10.3. The number of rotatable bonds is 2. The minimum Gasteiger partial charge on any atom is -0.362 e. The van der Waals surface area contributed by atoms with Gasteiger partial charge >= 0.3 is 0 Å². The van der Waals surface area contributed by atoms with Crippen molar-refractivity contribution in [2.75, 3.05) is 0 Å². The molecule has 2 heteroatoms. The van der Waals surface area contributed by atoms with Crippen molar-refractivity contribution in [2.24, 2.45) is 0 Å². The maximum Gasteiger partial charge on any atom is 0.0228 e. The van der Waals surface area contributed by atoms with Crippen molar-refractivity contribution in [3.8, 4) is 0 Å². The number of nitrogens with one attached hydrogen (secondary N) is 2. The Hall–Kier alpha value is -0.760. The summed E-state index contributed by atoms with van der Waals surface area (Å²) in [5, 5.41) is 3.47. The highest BCUT2D eigenvalue weighted by molar-refractivity contribution is 5.24. The Morgan fingerprint density at radius 3 is 2.31 bits per heavy atom. The number of aryl methyl sites for hydroxylation is 2. The van der Waals surface area contributed by atoms with E-state index in [-0.39, 0.29) is 5.54 Å². The predicted molar refractivity (Wildman–Crippen MR) is 56.9 cm³/mol. The molecule has 0 radical (unpaired) electrons. The van der Waals surface area contributed by atoms with Crippen LogP contribution in [0.25, 0.3) is 0 Å². The molecule has 1 heterocycles. The van der Waals surface area contributed by atoms with Crippen LogP contribution < -0.4 is 5.32 Å². The van der Waals surface area contributed by atoms with E-state index in [1.54, 1.807) is 0 Å². The fourth-order valence-electron chi connectivity index (χ4n) is 1.33. The van der Waals surface area contributed by atoms with Crippen LogP contribution >= 0.6 is 0 Å². The largest absolute Gasteiger partial charge is 0.362 e. The summed E-state index contributed by atoms with van der Waals surface area (Å²) in [5.41, 5.74) is 4.07. The van der Waals surface area contributed by atoms with Crippen molar-refractivity contribution in [2.45, 2.75) is 46.7 Å². The Bertz CT molecular complexity index is 279. The summed E-state index contributed by atoms with van der Waals surface area (Å²) in [5.74, 6) is 0. The highest BCUT2D eigenvalue weighted by Crippen LogP contribution is 2.10. The maximum atomic E-state index is 3.47. The molecule has 0 bridgehead atoms. The first-order valence-corrected chi connectivity index (χ1v) is 4.78. The fraction of sp³-hybridized carbons (Fsp3) is 0.636. The average molecular weight is 180 g/mol. The van der Waals surface area contributed by atoms with Crippen LogP contribution in [0.5, 0.6) is 0 Å². The van der Waals surface area contributed by atoms with Crippen molar-refractivity contribution in [3.05, 3.63) is 23.0 Å². The molecule has 0 aliphatic rings. The monoisotopic (exact) mass is 180 g/mol. The van der Waals surface area contributed by atoms with E-state index >= 15 is 0 Å². The lowest BCUT2D eigenvalue weighted by atomic mass is 10.1. The van der Waals surface area contributed by atoms with Gasteiger partial charge in [0, 0.05) is 23.5 Å². The minimum absolute atomic E-state index is 0.192. The third kappa shape index (κ3) is 3.23. The Kier molecular flexibility index (Phi) is 2.81. The lowest BCUT2D eigenvalue weighted by molar-refractivity contribution is 0.424. The third-order valence-electron chi connectivity index (χ3n) is 2.07. The van der Waals surface area contributed by atoms with Crippen molar-refractivity contribution in [1.82, 2.24) is 10.3 Å². The van der Waals surface area contributed by atoms with Crippen LogP contribution in [0, 0.1) is 13.8 Å². The standard InChI is InChI=1S/C11H20N2/c1-8-6-10(9(2)13-8)7-12-11(3,4)5/h6,12-13H,7H2,1-5H3. The molecule has 0 saturated carbocycles. The highest BCUT2D eigenvalue weighted by Gasteiger charge is 2.09. The molecule has 0 fully saturated rings. The van der Waals surface area contributed by atoms with E-state index < -0.39 is 0 Å². The van der Waals surface area contributed by atoms with Crippen LogP contribution in [0.15, 0.2) is 6.07 Å². The van der Waals surface area contributed by atoms with E-state index in [0.717, 1.165) is 6.54 Å². The quantitative estimate of drug-likeness (QED) is 0.719. The van der Waals surface area contributed by atoms with Gasteiger partial charge in [-0.15, -0.1) is 0 Å². The lowest BCUT2D eigenvalue weighted by Crippen LogP contribution is -2.35. The molecular formula is C11H20N2. The molecule has 0 saturated heterocycles. The third-order valence-corrected chi connectivity index (χ3v) is 2.07. The Morgan fingerprint density at radius 1 is 1.31 bits per heavy atom. The lowest BCUT2D eigenvalue weighted by Gasteiger charge is -2.20. The van der Waals surface area contributed by atoms with E-state index in [1.807, 2.05) is 0 Å². The van der Waals surface area contributed by atoms with Gasteiger partial charge in [-0.1, -0.05) is 0 Å². The molecule has 0 aliphatic heterocycles. The van der Waals surface area contributed by atoms with Gasteiger partial charge < -0.3 is 10.3 Å². The molecular weight excluding hydrogens is 160 g/mol. The van der Waals surface area contributed by atoms with Gasteiger partial charge in [-0.25, -0.2) is 0 Å². The number of hydrogen-bond donors (Lipinski definition) is 2. The SMILES string of the molecule is Cc1cc(CNC(C)(C)C)c(C)[nH]1. The van der Waals surface area contributed by atoms with Crippen LogP contribution in [0.2, 0.25) is 0 Å². The molecule has 0 unspecified atom stereocenters. The average Bonchev–Trinajstić information content (AvgIpc) is 2.24.